The molecule has 98 valence electrons. The molecule has 0 spiro atoms. The van der Waals surface area contributed by atoms with E-state index < -0.39 is 5.97 Å². The molecule has 0 aliphatic rings. The van der Waals surface area contributed by atoms with Crippen molar-refractivity contribution in [3.05, 3.63) is 29.3 Å². The van der Waals surface area contributed by atoms with Crippen LogP contribution in [0.2, 0.25) is 0 Å². The van der Waals surface area contributed by atoms with E-state index in [0.717, 1.165) is 0 Å². The third kappa shape index (κ3) is 4.71. The van der Waals surface area contributed by atoms with Crippen molar-refractivity contribution in [1.82, 2.24) is 0 Å². The smallest absolute Gasteiger partial charge is 0.339 e. The number of benzene rings is 1. The van der Waals surface area contributed by atoms with Gasteiger partial charge in [0.1, 0.15) is 11.3 Å². The summed E-state index contributed by atoms with van der Waals surface area (Å²) in [5.74, 6) is -1.62. The van der Waals surface area contributed by atoms with E-state index in [2.05, 4.69) is 10.2 Å². The minimum atomic E-state index is -1.19. The van der Waals surface area contributed by atoms with Gasteiger partial charge in [-0.05, 0) is 17.7 Å². The Balaban J connectivity index is 0.00000289. The monoisotopic (exact) mass is 272 g/mol. The average molecular weight is 273 g/mol. The molecule has 0 fully saturated rings. The molecule has 0 bridgehead atoms. The summed E-state index contributed by atoms with van der Waals surface area (Å²) < 4.78 is 0. The number of nitrogens with two attached hydrogens (primary N) is 2. The van der Waals surface area contributed by atoms with Gasteiger partial charge in [-0.3, -0.25) is 0 Å². The summed E-state index contributed by atoms with van der Waals surface area (Å²) >= 11 is 0. The quantitative estimate of drug-likeness (QED) is 0.355. The normalized spacial score (nSPS) is 9.78. The first-order valence-electron chi connectivity index (χ1n) is 4.66. The van der Waals surface area contributed by atoms with Gasteiger partial charge < -0.3 is 21.7 Å². The minimum absolute atomic E-state index is 0. The summed E-state index contributed by atoms with van der Waals surface area (Å²) in [6.07, 6.45) is 1.79. The zero-order chi connectivity index (χ0) is 12.8. The van der Waals surface area contributed by atoms with Gasteiger partial charge >= 0.3 is 5.97 Å². The van der Waals surface area contributed by atoms with Gasteiger partial charge in [0.2, 0.25) is 5.96 Å². The second kappa shape index (κ2) is 7.13. The van der Waals surface area contributed by atoms with Crippen LogP contribution >= 0.6 is 12.4 Å². The second-order valence-corrected chi connectivity index (χ2v) is 3.18. The highest BCUT2D eigenvalue weighted by Crippen LogP contribution is 2.18. The molecule has 18 heavy (non-hydrogen) atoms. The Hall–Kier alpha value is -2.28. The van der Waals surface area contributed by atoms with Crippen molar-refractivity contribution in [2.45, 2.75) is 6.42 Å². The van der Waals surface area contributed by atoms with E-state index in [9.17, 15) is 9.90 Å². The molecule has 0 saturated carbocycles. The van der Waals surface area contributed by atoms with E-state index in [0.29, 0.717) is 12.0 Å². The van der Waals surface area contributed by atoms with E-state index in [4.69, 9.17) is 16.6 Å². The Labute approximate surface area is 109 Å². The number of rotatable bonds is 4. The first-order valence-corrected chi connectivity index (χ1v) is 4.66. The molecule has 7 nitrogen and oxygen atoms in total. The van der Waals surface area contributed by atoms with Gasteiger partial charge in [-0.25, -0.2) is 4.79 Å². The molecule has 0 aliphatic heterocycles. The highest BCUT2D eigenvalue weighted by Gasteiger charge is 2.09. The van der Waals surface area contributed by atoms with Crippen LogP contribution in [0.3, 0.4) is 0 Å². The fourth-order valence-electron chi connectivity index (χ4n) is 1.14. The summed E-state index contributed by atoms with van der Waals surface area (Å²) in [6, 6.07) is 4.26. The molecule has 0 heterocycles. The van der Waals surface area contributed by atoms with E-state index in [1.54, 1.807) is 6.07 Å². The van der Waals surface area contributed by atoms with Crippen LogP contribution in [-0.4, -0.2) is 28.4 Å². The lowest BCUT2D eigenvalue weighted by Crippen LogP contribution is -2.21. The molecule has 6 N–H and O–H groups in total. The number of carbonyl (C=O) groups is 1. The number of nitrogens with zero attached hydrogens (tertiary/aromatic N) is 2. The third-order valence-electron chi connectivity index (χ3n) is 1.87. The SMILES string of the molecule is Cl.NC(N)=NN=CCc1ccc(O)c(C(=O)O)c1. The van der Waals surface area contributed by atoms with Crippen LogP contribution in [0, 0.1) is 0 Å². The molecule has 0 saturated heterocycles. The molecule has 0 aromatic heterocycles. The molecule has 0 radical (unpaired) electrons. The highest BCUT2D eigenvalue weighted by atomic mass is 35.5. The van der Waals surface area contributed by atoms with Gasteiger partial charge in [-0.2, -0.15) is 5.10 Å². The maximum atomic E-state index is 10.7. The maximum absolute atomic E-state index is 10.7. The summed E-state index contributed by atoms with van der Waals surface area (Å²) in [5.41, 5.74) is 10.6. The largest absolute Gasteiger partial charge is 0.507 e. The average Bonchev–Trinajstić information content (AvgIpc) is 2.25. The Kier molecular flexibility index (Phi) is 6.22. The van der Waals surface area contributed by atoms with Crippen LogP contribution in [0.4, 0.5) is 0 Å². The molecule has 1 aromatic rings. The van der Waals surface area contributed by atoms with Crippen molar-refractivity contribution in [3.8, 4) is 5.75 Å². The Morgan fingerprint density at radius 3 is 2.61 bits per heavy atom. The molecule has 8 heteroatoms. The van der Waals surface area contributed by atoms with Gasteiger partial charge in [0, 0.05) is 12.6 Å². The second-order valence-electron chi connectivity index (χ2n) is 3.18. The number of aromatic hydroxyl groups is 1. The fraction of sp³-hybridized carbons (Fsp3) is 0.100. The first kappa shape index (κ1) is 15.7. The van der Waals surface area contributed by atoms with Crippen LogP contribution < -0.4 is 11.5 Å². The molecule has 0 atom stereocenters. The van der Waals surface area contributed by atoms with Crippen molar-refractivity contribution >= 4 is 30.6 Å². The third-order valence-corrected chi connectivity index (χ3v) is 1.87. The van der Waals surface area contributed by atoms with Gasteiger partial charge in [0.25, 0.3) is 0 Å². The molecule has 1 rings (SSSR count). The molecular formula is C10H13ClN4O3. The lowest BCUT2D eigenvalue weighted by molar-refractivity contribution is 0.0693. The van der Waals surface area contributed by atoms with Crippen molar-refractivity contribution in [3.63, 3.8) is 0 Å². The van der Waals surface area contributed by atoms with Crippen LogP contribution in [0.15, 0.2) is 28.4 Å². The van der Waals surface area contributed by atoms with Crippen molar-refractivity contribution in [2.24, 2.45) is 21.7 Å². The molecule has 1 aromatic carbocycles. The minimum Gasteiger partial charge on any atom is -0.507 e. The van der Waals surface area contributed by atoms with Gasteiger partial charge in [-0.15, -0.1) is 17.5 Å². The van der Waals surface area contributed by atoms with Crippen LogP contribution in [-0.2, 0) is 6.42 Å². The number of hydrogen-bond acceptors (Lipinski definition) is 4. The number of carboxylic acids is 1. The van der Waals surface area contributed by atoms with E-state index >= 15 is 0 Å². The van der Waals surface area contributed by atoms with Crippen molar-refractivity contribution < 1.29 is 15.0 Å². The summed E-state index contributed by atoms with van der Waals surface area (Å²) in [5, 5.41) is 25.0. The predicted octanol–water partition coefficient (Wildman–Crippen LogP) is 0.314. The number of hydrogen-bond donors (Lipinski definition) is 4. The molecule has 0 aliphatic carbocycles. The number of phenols is 1. The fourth-order valence-corrected chi connectivity index (χ4v) is 1.14. The van der Waals surface area contributed by atoms with E-state index in [1.807, 2.05) is 0 Å². The lowest BCUT2D eigenvalue weighted by Gasteiger charge is -2.01. The number of guanidine groups is 1. The van der Waals surface area contributed by atoms with E-state index in [-0.39, 0.29) is 29.7 Å². The molecular weight excluding hydrogens is 260 g/mol. The van der Waals surface area contributed by atoms with Gasteiger partial charge in [0.05, 0.1) is 0 Å². The van der Waals surface area contributed by atoms with Gasteiger partial charge in [-0.1, -0.05) is 6.07 Å². The van der Waals surface area contributed by atoms with Crippen molar-refractivity contribution in [2.75, 3.05) is 0 Å². The van der Waals surface area contributed by atoms with Crippen LogP contribution in [0.1, 0.15) is 15.9 Å². The van der Waals surface area contributed by atoms with Gasteiger partial charge in [0.15, 0.2) is 0 Å². The Morgan fingerprint density at radius 1 is 1.39 bits per heavy atom. The zero-order valence-electron chi connectivity index (χ0n) is 9.28. The standard InChI is InChI=1S/C10H12N4O3.ClH/c11-10(12)14-13-4-3-6-1-2-8(15)7(5-6)9(16)17;/h1-2,4-5,15H,3H2,(H,16,17)(H4,11,12,14);1H. The lowest BCUT2D eigenvalue weighted by atomic mass is 10.1. The number of halogens is 1. The summed E-state index contributed by atoms with van der Waals surface area (Å²) in [4.78, 5) is 10.7. The molecule has 0 amide bonds. The zero-order valence-corrected chi connectivity index (χ0v) is 10.1. The first-order chi connectivity index (χ1) is 8.00. The maximum Gasteiger partial charge on any atom is 0.339 e. The summed E-state index contributed by atoms with van der Waals surface area (Å²) in [7, 11) is 0. The molecule has 0 unspecified atom stereocenters. The summed E-state index contributed by atoms with van der Waals surface area (Å²) in [6.45, 7) is 0. The number of aromatic carboxylic acids is 1. The van der Waals surface area contributed by atoms with Crippen molar-refractivity contribution in [1.29, 1.82) is 0 Å². The van der Waals surface area contributed by atoms with Crippen LogP contribution in [0.25, 0.3) is 0 Å². The topological polar surface area (TPSA) is 134 Å². The Morgan fingerprint density at radius 2 is 2.06 bits per heavy atom. The van der Waals surface area contributed by atoms with E-state index in [1.165, 1.54) is 18.3 Å². The van der Waals surface area contributed by atoms with Crippen LogP contribution in [0.5, 0.6) is 5.75 Å². The number of carboxylic acid groups (broad SMARTS) is 1. The predicted molar refractivity (Wildman–Crippen MR) is 70.3 cm³/mol. The Bertz CT molecular complexity index is 484. The highest BCUT2D eigenvalue weighted by molar-refractivity contribution is 5.91.